The molecule has 0 heterocycles. The van der Waals surface area contributed by atoms with Gasteiger partial charge in [0.1, 0.15) is 6.23 Å². The summed E-state index contributed by atoms with van der Waals surface area (Å²) in [6.07, 6.45) is 1.96. The van der Waals surface area contributed by atoms with Gasteiger partial charge in [-0.3, -0.25) is 0 Å². The van der Waals surface area contributed by atoms with E-state index in [1.807, 2.05) is 18.2 Å². The van der Waals surface area contributed by atoms with Gasteiger partial charge < -0.3 is 10.8 Å². The molecule has 0 radical (unpaired) electrons. The first-order chi connectivity index (χ1) is 5.79. The van der Waals surface area contributed by atoms with Crippen LogP contribution in [0, 0.1) is 0 Å². The molecule has 0 bridgehead atoms. The predicted octanol–water partition coefficient (Wildman–Crippen LogP) is 1.29. The third-order valence-corrected chi connectivity index (χ3v) is 1.81. The highest BCUT2D eigenvalue weighted by Crippen LogP contribution is 2.04. The van der Waals surface area contributed by atoms with E-state index in [1.165, 1.54) is 5.56 Å². The summed E-state index contributed by atoms with van der Waals surface area (Å²) in [4.78, 5) is 0. The van der Waals surface area contributed by atoms with E-state index in [0.717, 1.165) is 12.8 Å². The Morgan fingerprint density at radius 3 is 2.50 bits per heavy atom. The van der Waals surface area contributed by atoms with Crippen molar-refractivity contribution in [3.63, 3.8) is 0 Å². The quantitative estimate of drug-likeness (QED) is 0.660. The molecule has 0 aromatic heterocycles. The molecule has 66 valence electrons. The molecule has 12 heavy (non-hydrogen) atoms. The summed E-state index contributed by atoms with van der Waals surface area (Å²) in [5.41, 5.74) is 6.52. The minimum Gasteiger partial charge on any atom is -0.379 e. The minimum absolute atomic E-state index is 0.659. The second-order valence-corrected chi connectivity index (χ2v) is 2.95. The van der Waals surface area contributed by atoms with E-state index < -0.39 is 6.23 Å². The van der Waals surface area contributed by atoms with Crippen LogP contribution in [-0.2, 0) is 6.42 Å². The van der Waals surface area contributed by atoms with Crippen molar-refractivity contribution in [1.82, 2.24) is 0 Å². The van der Waals surface area contributed by atoms with Gasteiger partial charge in [0.2, 0.25) is 0 Å². The van der Waals surface area contributed by atoms with E-state index in [9.17, 15) is 0 Å². The molecule has 0 spiro atoms. The average molecular weight is 165 g/mol. The monoisotopic (exact) mass is 165 g/mol. The van der Waals surface area contributed by atoms with Crippen molar-refractivity contribution in [3.8, 4) is 0 Å². The molecule has 1 atom stereocenters. The molecule has 0 unspecified atom stereocenters. The van der Waals surface area contributed by atoms with Gasteiger partial charge in [0.25, 0.3) is 0 Å². The lowest BCUT2D eigenvalue weighted by Gasteiger charge is -2.03. The number of nitrogens with two attached hydrogens (primary N) is 1. The minimum atomic E-state index is -0.659. The van der Waals surface area contributed by atoms with Gasteiger partial charge in [0, 0.05) is 0 Å². The summed E-state index contributed by atoms with van der Waals surface area (Å²) in [5.74, 6) is 0. The maximum absolute atomic E-state index is 8.81. The number of benzene rings is 1. The Hall–Kier alpha value is -0.860. The Labute approximate surface area is 73.0 Å². The van der Waals surface area contributed by atoms with Crippen LogP contribution in [0.15, 0.2) is 30.3 Å². The molecule has 1 rings (SSSR count). The van der Waals surface area contributed by atoms with Crippen LogP contribution < -0.4 is 5.73 Å². The summed E-state index contributed by atoms with van der Waals surface area (Å²) in [6, 6.07) is 10.2. The van der Waals surface area contributed by atoms with Crippen LogP contribution in [0.25, 0.3) is 0 Å². The molecule has 0 amide bonds. The SMILES string of the molecule is N[C@H](O)CCCc1ccccc1. The van der Waals surface area contributed by atoms with Crippen LogP contribution in [0.5, 0.6) is 0 Å². The predicted molar refractivity (Wildman–Crippen MR) is 49.6 cm³/mol. The van der Waals surface area contributed by atoms with Gasteiger partial charge in [-0.1, -0.05) is 30.3 Å². The highest BCUT2D eigenvalue weighted by molar-refractivity contribution is 5.14. The van der Waals surface area contributed by atoms with Gasteiger partial charge in [0.15, 0.2) is 0 Å². The Kier molecular flexibility index (Phi) is 3.77. The van der Waals surface area contributed by atoms with Crippen molar-refractivity contribution in [2.24, 2.45) is 5.73 Å². The summed E-state index contributed by atoms with van der Waals surface area (Å²) < 4.78 is 0. The van der Waals surface area contributed by atoms with E-state index in [2.05, 4.69) is 12.1 Å². The fraction of sp³-hybridized carbons (Fsp3) is 0.400. The lowest BCUT2D eigenvalue weighted by molar-refractivity contribution is 0.169. The molecule has 0 aliphatic heterocycles. The highest BCUT2D eigenvalue weighted by atomic mass is 16.3. The molecule has 2 heteroatoms. The Morgan fingerprint density at radius 2 is 1.92 bits per heavy atom. The van der Waals surface area contributed by atoms with Crippen molar-refractivity contribution < 1.29 is 5.11 Å². The van der Waals surface area contributed by atoms with Gasteiger partial charge in [-0.05, 0) is 24.8 Å². The normalized spacial score (nSPS) is 12.8. The van der Waals surface area contributed by atoms with Gasteiger partial charge in [-0.15, -0.1) is 0 Å². The van der Waals surface area contributed by atoms with Crippen LogP contribution in [0.1, 0.15) is 18.4 Å². The molecule has 0 saturated carbocycles. The van der Waals surface area contributed by atoms with Gasteiger partial charge in [-0.2, -0.15) is 0 Å². The van der Waals surface area contributed by atoms with Crippen molar-refractivity contribution in [1.29, 1.82) is 0 Å². The van der Waals surface area contributed by atoms with Crippen molar-refractivity contribution in [2.75, 3.05) is 0 Å². The largest absolute Gasteiger partial charge is 0.379 e. The second kappa shape index (κ2) is 4.91. The third kappa shape index (κ3) is 3.51. The van der Waals surface area contributed by atoms with Gasteiger partial charge >= 0.3 is 0 Å². The van der Waals surface area contributed by atoms with Gasteiger partial charge in [-0.25, -0.2) is 0 Å². The zero-order valence-corrected chi connectivity index (χ0v) is 7.11. The lowest BCUT2D eigenvalue weighted by Crippen LogP contribution is -2.18. The van der Waals surface area contributed by atoms with E-state index in [1.54, 1.807) is 0 Å². The first-order valence-electron chi connectivity index (χ1n) is 4.26. The molecule has 0 saturated heterocycles. The summed E-state index contributed by atoms with van der Waals surface area (Å²) in [5, 5.41) is 8.81. The van der Waals surface area contributed by atoms with Crippen LogP contribution in [0.3, 0.4) is 0 Å². The number of hydrogen-bond acceptors (Lipinski definition) is 2. The third-order valence-electron chi connectivity index (χ3n) is 1.81. The topological polar surface area (TPSA) is 46.2 Å². The molecule has 3 N–H and O–H groups in total. The molecule has 2 nitrogen and oxygen atoms in total. The second-order valence-electron chi connectivity index (χ2n) is 2.95. The lowest BCUT2D eigenvalue weighted by atomic mass is 10.1. The summed E-state index contributed by atoms with van der Waals surface area (Å²) in [6.45, 7) is 0. The number of aliphatic hydroxyl groups excluding tert-OH is 1. The zero-order valence-electron chi connectivity index (χ0n) is 7.11. The van der Waals surface area contributed by atoms with Crippen molar-refractivity contribution in [2.45, 2.75) is 25.5 Å². The fourth-order valence-corrected chi connectivity index (χ4v) is 1.16. The molecular formula is C10H15NO. The standard InChI is InChI=1S/C10H15NO/c11-10(12)8-4-7-9-5-2-1-3-6-9/h1-3,5-6,10,12H,4,7-8,11H2/t10-/m1/s1. The number of rotatable bonds is 4. The van der Waals surface area contributed by atoms with Crippen molar-refractivity contribution in [3.05, 3.63) is 35.9 Å². The van der Waals surface area contributed by atoms with E-state index in [4.69, 9.17) is 10.8 Å². The highest BCUT2D eigenvalue weighted by Gasteiger charge is 1.96. The van der Waals surface area contributed by atoms with Crippen LogP contribution in [0.4, 0.5) is 0 Å². The molecule has 0 aliphatic carbocycles. The fourth-order valence-electron chi connectivity index (χ4n) is 1.16. The number of aliphatic hydroxyl groups is 1. The molecular weight excluding hydrogens is 150 g/mol. The van der Waals surface area contributed by atoms with Crippen LogP contribution in [-0.4, -0.2) is 11.3 Å². The Balaban J connectivity index is 2.25. The Bertz CT molecular complexity index is 208. The maximum Gasteiger partial charge on any atom is 0.102 e. The molecule has 0 fully saturated rings. The van der Waals surface area contributed by atoms with E-state index >= 15 is 0 Å². The summed E-state index contributed by atoms with van der Waals surface area (Å²) >= 11 is 0. The molecule has 1 aromatic carbocycles. The van der Waals surface area contributed by atoms with Crippen LogP contribution in [0.2, 0.25) is 0 Å². The smallest absolute Gasteiger partial charge is 0.102 e. The summed E-state index contributed by atoms with van der Waals surface area (Å²) in [7, 11) is 0. The maximum atomic E-state index is 8.81. The average Bonchev–Trinajstić information content (AvgIpc) is 2.05. The van der Waals surface area contributed by atoms with E-state index in [-0.39, 0.29) is 0 Å². The molecule has 0 aliphatic rings. The zero-order chi connectivity index (χ0) is 8.81. The number of hydrogen-bond donors (Lipinski definition) is 2. The van der Waals surface area contributed by atoms with E-state index in [0.29, 0.717) is 6.42 Å². The van der Waals surface area contributed by atoms with Crippen molar-refractivity contribution >= 4 is 0 Å². The number of aryl methyl sites for hydroxylation is 1. The first kappa shape index (κ1) is 9.23. The first-order valence-corrected chi connectivity index (χ1v) is 4.26. The van der Waals surface area contributed by atoms with Gasteiger partial charge in [0.05, 0.1) is 0 Å². The Morgan fingerprint density at radius 1 is 1.25 bits per heavy atom. The molecule has 1 aromatic rings. The van der Waals surface area contributed by atoms with Crippen LogP contribution >= 0.6 is 0 Å².